The fourth-order valence-electron chi connectivity index (χ4n) is 2.10. The summed E-state index contributed by atoms with van der Waals surface area (Å²) in [7, 11) is -3.04. The maximum absolute atomic E-state index is 11.9. The van der Waals surface area contributed by atoms with Crippen molar-refractivity contribution in [1.29, 1.82) is 0 Å². The van der Waals surface area contributed by atoms with Gasteiger partial charge >= 0.3 is 0 Å². The molecule has 17 heavy (non-hydrogen) atoms. The van der Waals surface area contributed by atoms with Crippen LogP contribution < -0.4 is 5.32 Å². The molecule has 2 heterocycles. The predicted octanol–water partition coefficient (Wildman–Crippen LogP) is 1.62. The highest BCUT2D eigenvalue weighted by atomic mass is 35.5. The summed E-state index contributed by atoms with van der Waals surface area (Å²) in [6, 6.07) is 3.42. The molecular formula is C11H18ClNO3S. The SMILES string of the molecule is Cl.O=S(=O)(Cc1ccco1)CC1CCCNC1. The molecule has 0 spiro atoms. The second-order valence-electron chi connectivity index (χ2n) is 4.35. The summed E-state index contributed by atoms with van der Waals surface area (Å²) in [5.41, 5.74) is 0. The van der Waals surface area contributed by atoms with E-state index in [1.54, 1.807) is 12.1 Å². The Labute approximate surface area is 108 Å². The molecule has 0 aliphatic carbocycles. The van der Waals surface area contributed by atoms with Gasteiger partial charge in [0.25, 0.3) is 0 Å². The van der Waals surface area contributed by atoms with Gasteiger partial charge in [-0.3, -0.25) is 0 Å². The standard InChI is InChI=1S/C11H17NO3S.ClH/c13-16(14,9-11-4-2-6-15-11)8-10-3-1-5-12-7-10;/h2,4,6,10,12H,1,3,5,7-9H2;1H. The van der Waals surface area contributed by atoms with Crippen LogP contribution >= 0.6 is 12.4 Å². The Morgan fingerprint density at radius 3 is 2.88 bits per heavy atom. The monoisotopic (exact) mass is 279 g/mol. The molecule has 6 heteroatoms. The zero-order valence-electron chi connectivity index (χ0n) is 9.59. The minimum atomic E-state index is -3.04. The Morgan fingerprint density at radius 2 is 2.29 bits per heavy atom. The van der Waals surface area contributed by atoms with Crippen molar-refractivity contribution in [2.24, 2.45) is 5.92 Å². The molecule has 1 atom stereocenters. The number of furan rings is 1. The molecule has 1 aliphatic rings. The van der Waals surface area contributed by atoms with Crippen LogP contribution in [0, 0.1) is 5.92 Å². The van der Waals surface area contributed by atoms with E-state index >= 15 is 0 Å². The van der Waals surface area contributed by atoms with Crippen LogP contribution in [0.2, 0.25) is 0 Å². The van der Waals surface area contributed by atoms with Crippen molar-refractivity contribution >= 4 is 22.2 Å². The number of halogens is 1. The maximum atomic E-state index is 11.9. The third-order valence-corrected chi connectivity index (χ3v) is 4.53. The minimum absolute atomic E-state index is 0. The molecule has 0 amide bonds. The average Bonchev–Trinajstić information content (AvgIpc) is 2.70. The van der Waals surface area contributed by atoms with Crippen LogP contribution in [0.15, 0.2) is 22.8 Å². The highest BCUT2D eigenvalue weighted by Crippen LogP contribution is 2.15. The van der Waals surface area contributed by atoms with Crippen LogP contribution in [0.5, 0.6) is 0 Å². The van der Waals surface area contributed by atoms with Crippen LogP contribution in [-0.2, 0) is 15.6 Å². The third kappa shape index (κ3) is 4.69. The first-order valence-electron chi connectivity index (χ1n) is 5.59. The first-order chi connectivity index (χ1) is 7.66. The first kappa shape index (κ1) is 14.5. The number of hydrogen-bond donors (Lipinski definition) is 1. The van der Waals surface area contributed by atoms with Gasteiger partial charge in [0.2, 0.25) is 0 Å². The fraction of sp³-hybridized carbons (Fsp3) is 0.636. The molecule has 1 aliphatic heterocycles. The Bertz CT molecular complexity index is 410. The average molecular weight is 280 g/mol. The van der Waals surface area contributed by atoms with Crippen LogP contribution in [0.1, 0.15) is 18.6 Å². The Balaban J connectivity index is 0.00000144. The molecule has 1 N–H and O–H groups in total. The smallest absolute Gasteiger partial charge is 0.157 e. The van der Waals surface area contributed by atoms with Gasteiger partial charge in [0.1, 0.15) is 11.5 Å². The molecule has 1 aromatic rings. The van der Waals surface area contributed by atoms with E-state index in [1.165, 1.54) is 6.26 Å². The van der Waals surface area contributed by atoms with Crippen LogP contribution in [0.3, 0.4) is 0 Å². The highest BCUT2D eigenvalue weighted by molar-refractivity contribution is 7.90. The molecule has 0 saturated carbocycles. The van der Waals surface area contributed by atoms with Crippen molar-refractivity contribution < 1.29 is 12.8 Å². The minimum Gasteiger partial charge on any atom is -0.468 e. The van der Waals surface area contributed by atoms with Crippen molar-refractivity contribution in [2.45, 2.75) is 18.6 Å². The summed E-state index contributed by atoms with van der Waals surface area (Å²) in [6.45, 7) is 1.83. The predicted molar refractivity (Wildman–Crippen MR) is 69.0 cm³/mol. The molecule has 98 valence electrons. The molecule has 1 fully saturated rings. The summed E-state index contributed by atoms with van der Waals surface area (Å²) < 4.78 is 28.8. The maximum Gasteiger partial charge on any atom is 0.157 e. The third-order valence-electron chi connectivity index (χ3n) is 2.83. The van der Waals surface area contributed by atoms with E-state index in [2.05, 4.69) is 5.32 Å². The lowest BCUT2D eigenvalue weighted by Crippen LogP contribution is -2.34. The summed E-state index contributed by atoms with van der Waals surface area (Å²) in [5, 5.41) is 3.23. The fourth-order valence-corrected chi connectivity index (χ4v) is 3.81. The molecule has 4 nitrogen and oxygen atoms in total. The molecular weight excluding hydrogens is 262 g/mol. The van der Waals surface area contributed by atoms with Crippen molar-refractivity contribution in [3.8, 4) is 0 Å². The lowest BCUT2D eigenvalue weighted by atomic mass is 10.0. The number of rotatable bonds is 4. The number of sulfone groups is 1. The van der Waals surface area contributed by atoms with Crippen molar-refractivity contribution in [3.05, 3.63) is 24.2 Å². The van der Waals surface area contributed by atoms with E-state index in [4.69, 9.17) is 4.42 Å². The molecule has 1 saturated heterocycles. The van der Waals surface area contributed by atoms with Gasteiger partial charge in [0, 0.05) is 0 Å². The molecule has 0 aromatic carbocycles. The Morgan fingerprint density at radius 1 is 1.47 bits per heavy atom. The highest BCUT2D eigenvalue weighted by Gasteiger charge is 2.22. The quantitative estimate of drug-likeness (QED) is 0.910. The summed E-state index contributed by atoms with van der Waals surface area (Å²) in [4.78, 5) is 0. The molecule has 1 unspecified atom stereocenters. The number of nitrogens with one attached hydrogen (secondary N) is 1. The zero-order chi connectivity index (χ0) is 11.4. The van der Waals surface area contributed by atoms with E-state index in [9.17, 15) is 8.42 Å². The second-order valence-corrected chi connectivity index (χ2v) is 6.46. The normalized spacial score (nSPS) is 20.8. The first-order valence-corrected chi connectivity index (χ1v) is 7.41. The van der Waals surface area contributed by atoms with Gasteiger partial charge in [-0.15, -0.1) is 12.4 Å². The van der Waals surface area contributed by atoms with Gasteiger partial charge < -0.3 is 9.73 Å². The van der Waals surface area contributed by atoms with E-state index in [-0.39, 0.29) is 29.8 Å². The zero-order valence-corrected chi connectivity index (χ0v) is 11.2. The second kappa shape index (κ2) is 6.42. The van der Waals surface area contributed by atoms with Gasteiger partial charge in [0.15, 0.2) is 9.84 Å². The molecule has 0 bridgehead atoms. The van der Waals surface area contributed by atoms with E-state index in [1.807, 2.05) is 0 Å². The summed E-state index contributed by atoms with van der Waals surface area (Å²) in [5.74, 6) is 1.08. The van der Waals surface area contributed by atoms with Crippen LogP contribution in [0.4, 0.5) is 0 Å². The van der Waals surface area contributed by atoms with Crippen molar-refractivity contribution in [1.82, 2.24) is 5.32 Å². The topological polar surface area (TPSA) is 59.3 Å². The van der Waals surface area contributed by atoms with Gasteiger partial charge in [0.05, 0.1) is 12.0 Å². The van der Waals surface area contributed by atoms with Crippen molar-refractivity contribution in [2.75, 3.05) is 18.8 Å². The van der Waals surface area contributed by atoms with Crippen LogP contribution in [-0.4, -0.2) is 27.3 Å². The largest absolute Gasteiger partial charge is 0.468 e. The van der Waals surface area contributed by atoms with Gasteiger partial charge in [-0.05, 0) is 44.0 Å². The van der Waals surface area contributed by atoms with Gasteiger partial charge in [-0.25, -0.2) is 8.42 Å². The molecule has 0 radical (unpaired) electrons. The van der Waals surface area contributed by atoms with E-state index in [0.29, 0.717) is 5.76 Å². The lowest BCUT2D eigenvalue weighted by Gasteiger charge is -2.22. The molecule has 1 aromatic heterocycles. The lowest BCUT2D eigenvalue weighted by molar-refractivity contribution is 0.403. The molecule has 2 rings (SSSR count). The number of piperidine rings is 1. The van der Waals surface area contributed by atoms with E-state index in [0.717, 1.165) is 25.9 Å². The van der Waals surface area contributed by atoms with Crippen molar-refractivity contribution in [3.63, 3.8) is 0 Å². The van der Waals surface area contributed by atoms with Crippen LogP contribution in [0.25, 0.3) is 0 Å². The number of hydrogen-bond acceptors (Lipinski definition) is 4. The Kier molecular flexibility index (Phi) is 5.49. The van der Waals surface area contributed by atoms with Gasteiger partial charge in [-0.1, -0.05) is 0 Å². The van der Waals surface area contributed by atoms with Gasteiger partial charge in [-0.2, -0.15) is 0 Å². The Hall–Kier alpha value is -0.520. The summed E-state index contributed by atoms with van der Waals surface area (Å²) >= 11 is 0. The summed E-state index contributed by atoms with van der Waals surface area (Å²) in [6.07, 6.45) is 3.58. The van der Waals surface area contributed by atoms with E-state index < -0.39 is 9.84 Å².